The molecule has 0 saturated heterocycles. The Morgan fingerprint density at radius 1 is 1.37 bits per heavy atom. The highest BCUT2D eigenvalue weighted by molar-refractivity contribution is 5.94. The molecule has 2 N–H and O–H groups in total. The molecular weight excluding hydrogens is 240 g/mol. The lowest BCUT2D eigenvalue weighted by Crippen LogP contribution is -2.19. The number of aromatic nitrogens is 2. The van der Waals surface area contributed by atoms with Gasteiger partial charge < -0.3 is 0 Å². The molecule has 98 valence electrons. The van der Waals surface area contributed by atoms with Crippen LogP contribution in [0.2, 0.25) is 0 Å². The van der Waals surface area contributed by atoms with Crippen LogP contribution in [0, 0.1) is 0 Å². The first-order chi connectivity index (χ1) is 9.20. The van der Waals surface area contributed by atoms with E-state index in [1.54, 1.807) is 6.07 Å². The first-order valence-electron chi connectivity index (χ1n) is 6.15. The second-order valence-corrected chi connectivity index (χ2v) is 4.17. The van der Waals surface area contributed by atoms with E-state index in [9.17, 15) is 4.79 Å². The second kappa shape index (κ2) is 5.95. The van der Waals surface area contributed by atoms with Gasteiger partial charge in [0.1, 0.15) is 5.69 Å². The molecule has 0 unspecified atom stereocenters. The van der Waals surface area contributed by atoms with Crippen molar-refractivity contribution in [3.05, 3.63) is 42.1 Å². The van der Waals surface area contributed by atoms with Crippen LogP contribution >= 0.6 is 0 Å². The molecule has 2 aromatic rings. The monoisotopic (exact) mass is 256 g/mol. The Balaban J connectivity index is 2.11. The number of hydrazone groups is 1. The van der Waals surface area contributed by atoms with Crippen LogP contribution in [-0.4, -0.2) is 21.8 Å². The molecule has 0 aliphatic rings. The molecule has 0 saturated carbocycles. The van der Waals surface area contributed by atoms with Gasteiger partial charge in [-0.2, -0.15) is 10.2 Å². The molecule has 0 radical (unpaired) electrons. The lowest BCUT2D eigenvalue weighted by Gasteiger charge is -1.97. The summed E-state index contributed by atoms with van der Waals surface area (Å²) >= 11 is 0. The number of H-pyrrole nitrogens is 1. The Morgan fingerprint density at radius 3 is 2.79 bits per heavy atom. The van der Waals surface area contributed by atoms with Crippen LogP contribution < -0.4 is 5.43 Å². The van der Waals surface area contributed by atoms with Crippen LogP contribution in [0.3, 0.4) is 0 Å². The highest BCUT2D eigenvalue weighted by atomic mass is 16.2. The van der Waals surface area contributed by atoms with Crippen LogP contribution in [0.15, 0.2) is 41.5 Å². The van der Waals surface area contributed by atoms with Crippen molar-refractivity contribution in [3.8, 4) is 11.3 Å². The van der Waals surface area contributed by atoms with E-state index in [1.807, 2.05) is 44.2 Å². The Labute approximate surface area is 111 Å². The van der Waals surface area contributed by atoms with Gasteiger partial charge in [-0.15, -0.1) is 0 Å². The summed E-state index contributed by atoms with van der Waals surface area (Å²) < 4.78 is 0. The molecule has 5 heteroatoms. The Hall–Kier alpha value is -2.43. The molecule has 0 bridgehead atoms. The van der Waals surface area contributed by atoms with E-state index in [0.29, 0.717) is 5.69 Å². The highest BCUT2D eigenvalue weighted by Gasteiger charge is 2.10. The topological polar surface area (TPSA) is 70.1 Å². The van der Waals surface area contributed by atoms with E-state index in [2.05, 4.69) is 20.7 Å². The van der Waals surface area contributed by atoms with Gasteiger partial charge in [0.05, 0.1) is 5.69 Å². The minimum absolute atomic E-state index is 0.289. The molecule has 2 rings (SSSR count). The van der Waals surface area contributed by atoms with Crippen molar-refractivity contribution in [1.29, 1.82) is 0 Å². The normalized spacial score (nSPS) is 11.4. The predicted molar refractivity (Wildman–Crippen MR) is 74.9 cm³/mol. The summed E-state index contributed by atoms with van der Waals surface area (Å²) in [6, 6.07) is 11.4. The SMILES string of the molecule is CC/C(C)=N\NC(=O)c1cc(-c2ccccc2)n[nH]1. The molecule has 0 spiro atoms. The number of hydrogen-bond donors (Lipinski definition) is 2. The van der Waals surface area contributed by atoms with Crippen LogP contribution in [0.1, 0.15) is 30.8 Å². The zero-order valence-electron chi connectivity index (χ0n) is 11.0. The molecule has 1 amide bonds. The number of hydrogen-bond acceptors (Lipinski definition) is 3. The third-order valence-corrected chi connectivity index (χ3v) is 2.75. The van der Waals surface area contributed by atoms with Crippen molar-refractivity contribution in [2.24, 2.45) is 5.10 Å². The number of benzene rings is 1. The number of carbonyl (C=O) groups excluding carboxylic acids is 1. The average molecular weight is 256 g/mol. The zero-order valence-corrected chi connectivity index (χ0v) is 11.0. The van der Waals surface area contributed by atoms with Crippen molar-refractivity contribution in [3.63, 3.8) is 0 Å². The molecule has 0 atom stereocenters. The number of amides is 1. The zero-order chi connectivity index (χ0) is 13.7. The minimum Gasteiger partial charge on any atom is -0.272 e. The van der Waals surface area contributed by atoms with Crippen LogP contribution in [0.25, 0.3) is 11.3 Å². The fraction of sp³-hybridized carbons (Fsp3) is 0.214. The summed E-state index contributed by atoms with van der Waals surface area (Å²) in [5.41, 5.74) is 5.46. The summed E-state index contributed by atoms with van der Waals surface area (Å²) in [6.07, 6.45) is 0.804. The lowest BCUT2D eigenvalue weighted by molar-refractivity contribution is 0.0949. The van der Waals surface area contributed by atoms with Crippen LogP contribution in [0.4, 0.5) is 0 Å². The largest absolute Gasteiger partial charge is 0.289 e. The molecule has 5 nitrogen and oxygen atoms in total. The van der Waals surface area contributed by atoms with Crippen molar-refractivity contribution in [1.82, 2.24) is 15.6 Å². The number of nitrogens with one attached hydrogen (secondary N) is 2. The maximum Gasteiger partial charge on any atom is 0.289 e. The Kier molecular flexibility index (Phi) is 4.07. The molecule has 0 aliphatic heterocycles. The summed E-state index contributed by atoms with van der Waals surface area (Å²) in [6.45, 7) is 3.84. The molecule has 0 fully saturated rings. The Bertz CT molecular complexity index is 587. The fourth-order valence-electron chi connectivity index (χ4n) is 1.48. The first-order valence-corrected chi connectivity index (χ1v) is 6.15. The third kappa shape index (κ3) is 3.28. The van der Waals surface area contributed by atoms with Crippen molar-refractivity contribution in [2.45, 2.75) is 20.3 Å². The first kappa shape index (κ1) is 13.0. The maximum atomic E-state index is 11.8. The predicted octanol–water partition coefficient (Wildman–Crippen LogP) is 2.59. The highest BCUT2D eigenvalue weighted by Crippen LogP contribution is 2.16. The van der Waals surface area contributed by atoms with Gasteiger partial charge in [-0.3, -0.25) is 9.89 Å². The number of rotatable bonds is 4. The van der Waals surface area contributed by atoms with Crippen molar-refractivity contribution in [2.75, 3.05) is 0 Å². The van der Waals surface area contributed by atoms with Gasteiger partial charge in [-0.05, 0) is 19.4 Å². The minimum atomic E-state index is -0.289. The van der Waals surface area contributed by atoms with Gasteiger partial charge in [0.25, 0.3) is 5.91 Å². The van der Waals surface area contributed by atoms with Gasteiger partial charge in [0, 0.05) is 11.3 Å². The van der Waals surface area contributed by atoms with Gasteiger partial charge in [0.15, 0.2) is 0 Å². The van der Waals surface area contributed by atoms with Crippen molar-refractivity contribution < 1.29 is 4.79 Å². The van der Waals surface area contributed by atoms with E-state index in [4.69, 9.17) is 0 Å². The molecule has 1 aromatic carbocycles. The molecule has 19 heavy (non-hydrogen) atoms. The van der Waals surface area contributed by atoms with Crippen LogP contribution in [0.5, 0.6) is 0 Å². The van der Waals surface area contributed by atoms with E-state index < -0.39 is 0 Å². The second-order valence-electron chi connectivity index (χ2n) is 4.17. The van der Waals surface area contributed by atoms with E-state index in [1.165, 1.54) is 0 Å². The van der Waals surface area contributed by atoms with Gasteiger partial charge >= 0.3 is 0 Å². The van der Waals surface area contributed by atoms with Gasteiger partial charge in [-0.1, -0.05) is 37.3 Å². The van der Waals surface area contributed by atoms with Gasteiger partial charge in [-0.25, -0.2) is 5.43 Å². The smallest absolute Gasteiger partial charge is 0.272 e. The number of nitrogens with zero attached hydrogens (tertiary/aromatic N) is 2. The fourth-order valence-corrected chi connectivity index (χ4v) is 1.48. The quantitative estimate of drug-likeness (QED) is 0.652. The average Bonchev–Trinajstić information content (AvgIpc) is 2.95. The van der Waals surface area contributed by atoms with Crippen LogP contribution in [-0.2, 0) is 0 Å². The van der Waals surface area contributed by atoms with Gasteiger partial charge in [0.2, 0.25) is 0 Å². The van der Waals surface area contributed by atoms with E-state index in [0.717, 1.165) is 23.4 Å². The summed E-state index contributed by atoms with van der Waals surface area (Å²) in [5, 5.41) is 10.8. The summed E-state index contributed by atoms with van der Waals surface area (Å²) in [4.78, 5) is 11.8. The standard InChI is InChI=1S/C14H16N4O/c1-3-10(2)15-18-14(19)13-9-12(16-17-13)11-7-5-4-6-8-11/h4-9H,3H2,1-2H3,(H,16,17)(H,18,19)/b15-10-. The molecule has 1 aromatic heterocycles. The molecule has 0 aliphatic carbocycles. The molecular formula is C14H16N4O. The molecule has 1 heterocycles. The number of carbonyl (C=O) groups is 1. The Morgan fingerprint density at radius 2 is 2.11 bits per heavy atom. The lowest BCUT2D eigenvalue weighted by atomic mass is 10.1. The maximum absolute atomic E-state index is 11.8. The van der Waals surface area contributed by atoms with Crippen molar-refractivity contribution >= 4 is 11.6 Å². The third-order valence-electron chi connectivity index (χ3n) is 2.75. The van der Waals surface area contributed by atoms with E-state index in [-0.39, 0.29) is 5.91 Å². The summed E-state index contributed by atoms with van der Waals surface area (Å²) in [7, 11) is 0. The van der Waals surface area contributed by atoms with E-state index >= 15 is 0 Å². The summed E-state index contributed by atoms with van der Waals surface area (Å²) in [5.74, 6) is -0.289. The number of aromatic amines is 1.